The standard InChI is InChI=1S/C12H13N5O.C8H7ClN2O.C5H8N2.CH2O3.2K.H/c1-3-10-15-7-17(16-10)12-11-8(4-5-13-11)9(18-2)6-14-12;1-12-6-4-11-8(9)7-5(6)2-3-10-7;1-2-5-6-3-4-7-5;2-1-4-3;;;/h4-7,13H,3H2,1-2H3;2-4,10H,1H3;3H,2,4H2,1H3;1,3H;;;/q;;;;2*+1;-1/p-1. The van der Waals surface area contributed by atoms with Gasteiger partial charge in [-0.15, -0.1) is 5.10 Å². The van der Waals surface area contributed by atoms with Crippen LogP contribution >= 0.6 is 11.6 Å². The molecule has 0 aliphatic carbocycles. The second-order valence-electron chi connectivity index (χ2n) is 7.87. The molecule has 14 nitrogen and oxygen atoms in total. The van der Waals surface area contributed by atoms with E-state index in [1.165, 1.54) is 0 Å². The number of H-pyrrole nitrogens is 2. The number of nitrogens with one attached hydrogen (secondary N) is 2. The van der Waals surface area contributed by atoms with Gasteiger partial charge in [-0.3, -0.25) is 9.79 Å². The molecule has 6 heterocycles. The van der Waals surface area contributed by atoms with Crippen molar-refractivity contribution >= 4 is 51.9 Å². The summed E-state index contributed by atoms with van der Waals surface area (Å²) in [5.74, 6) is 3.98. The van der Waals surface area contributed by atoms with Crippen LogP contribution < -0.4 is 118 Å². The van der Waals surface area contributed by atoms with E-state index < -0.39 is 0 Å². The fourth-order valence-corrected chi connectivity index (χ4v) is 3.81. The van der Waals surface area contributed by atoms with Crippen LogP contribution in [0.15, 0.2) is 53.2 Å². The van der Waals surface area contributed by atoms with Crippen LogP contribution in [0.4, 0.5) is 0 Å². The zero-order valence-corrected chi connectivity index (χ0v) is 31.9. The second kappa shape index (κ2) is 21.2. The molecule has 43 heavy (non-hydrogen) atoms. The van der Waals surface area contributed by atoms with Crippen molar-refractivity contribution in [2.24, 2.45) is 9.98 Å². The van der Waals surface area contributed by atoms with E-state index in [4.69, 9.17) is 31.1 Å². The minimum absolute atomic E-state index is 0. The summed E-state index contributed by atoms with van der Waals surface area (Å²) in [6.07, 6.45) is 12.2. The molecule has 0 aromatic carbocycles. The molecule has 0 radical (unpaired) electrons. The Morgan fingerprint density at radius 1 is 1.00 bits per heavy atom. The molecule has 1 aliphatic heterocycles. The number of amidine groups is 1. The van der Waals surface area contributed by atoms with Gasteiger partial charge in [-0.05, 0) is 12.1 Å². The van der Waals surface area contributed by atoms with E-state index in [0.717, 1.165) is 70.2 Å². The number of aryl methyl sites for hydroxylation is 1. The molecule has 0 atom stereocenters. The van der Waals surface area contributed by atoms with Gasteiger partial charge in [0.15, 0.2) is 16.8 Å². The van der Waals surface area contributed by atoms with Crippen molar-refractivity contribution in [2.45, 2.75) is 26.7 Å². The van der Waals surface area contributed by atoms with Crippen LogP contribution in [0.5, 0.6) is 11.5 Å². The van der Waals surface area contributed by atoms with Gasteiger partial charge in [0.25, 0.3) is 6.47 Å². The Kier molecular flexibility index (Phi) is 19.5. The molecule has 0 fully saturated rings. The van der Waals surface area contributed by atoms with E-state index in [1.807, 2.05) is 31.5 Å². The summed E-state index contributed by atoms with van der Waals surface area (Å²) in [5.41, 5.74) is 1.71. The molecule has 1 aliphatic rings. The van der Waals surface area contributed by atoms with Crippen LogP contribution in [0.2, 0.25) is 5.15 Å². The molecule has 5 aromatic rings. The summed E-state index contributed by atoms with van der Waals surface area (Å²) in [7, 11) is 3.24. The third-order valence-electron chi connectivity index (χ3n) is 5.52. The molecule has 17 heteroatoms. The topological polar surface area (TPSA) is 181 Å². The Morgan fingerprint density at radius 2 is 1.60 bits per heavy atom. The van der Waals surface area contributed by atoms with Gasteiger partial charge in [-0.25, -0.2) is 24.6 Å². The Morgan fingerprint density at radius 3 is 2.09 bits per heavy atom. The summed E-state index contributed by atoms with van der Waals surface area (Å²) in [6, 6.07) is 3.86. The maximum Gasteiger partial charge on any atom is 1.00 e. The van der Waals surface area contributed by atoms with Crippen LogP contribution in [0.25, 0.3) is 27.6 Å². The molecule has 0 amide bonds. The summed E-state index contributed by atoms with van der Waals surface area (Å²) >= 11 is 5.83. The molecule has 5 aromatic heterocycles. The Hall–Kier alpha value is -1.55. The van der Waals surface area contributed by atoms with Crippen molar-refractivity contribution < 1.29 is 129 Å². The van der Waals surface area contributed by atoms with Crippen molar-refractivity contribution in [1.29, 1.82) is 0 Å². The minimum Gasteiger partial charge on any atom is -1.00 e. The normalized spacial score (nSPS) is 10.9. The van der Waals surface area contributed by atoms with Gasteiger partial charge in [-0.1, -0.05) is 25.4 Å². The number of halogens is 1. The van der Waals surface area contributed by atoms with Crippen LogP contribution in [-0.4, -0.2) is 74.0 Å². The van der Waals surface area contributed by atoms with E-state index in [-0.39, 0.29) is 111 Å². The van der Waals surface area contributed by atoms with E-state index in [9.17, 15) is 0 Å². The first-order chi connectivity index (χ1) is 20.0. The quantitative estimate of drug-likeness (QED) is 0.0647. The first kappa shape index (κ1) is 39.5. The number of fused-ring (bicyclic) bond motifs is 2. The predicted molar refractivity (Wildman–Crippen MR) is 154 cm³/mol. The SMILES string of the molecule is CCC1=NCC=N1.CCc1ncn(-c2ncc(OC)c3cc[nH]c23)n1.COc1cnc(Cl)c2[nH]ccc12.O=CO[O-].[H-].[K+].[K+]. The van der Waals surface area contributed by atoms with Crippen molar-refractivity contribution in [3.63, 3.8) is 0 Å². The number of aromatic amines is 2. The Bertz CT molecular complexity index is 1630. The van der Waals surface area contributed by atoms with Gasteiger partial charge in [-0.2, -0.15) is 0 Å². The molecule has 0 saturated heterocycles. The summed E-state index contributed by atoms with van der Waals surface area (Å²) in [4.78, 5) is 38.0. The number of aliphatic imine (C=N–C) groups is 2. The number of hydrogen-bond donors (Lipinski definition) is 2. The van der Waals surface area contributed by atoms with E-state index >= 15 is 0 Å². The van der Waals surface area contributed by atoms with Gasteiger partial charge >= 0.3 is 103 Å². The van der Waals surface area contributed by atoms with Crippen molar-refractivity contribution in [3.8, 4) is 17.3 Å². The van der Waals surface area contributed by atoms with Crippen molar-refractivity contribution in [2.75, 3.05) is 20.8 Å². The first-order valence-corrected chi connectivity index (χ1v) is 12.7. The number of carbonyl (C=O) groups excluding carboxylic acids is 1. The minimum atomic E-state index is -0.181. The summed E-state index contributed by atoms with van der Waals surface area (Å²) in [5, 5.41) is 15.2. The first-order valence-electron chi connectivity index (χ1n) is 12.4. The van der Waals surface area contributed by atoms with Crippen LogP contribution in [0.3, 0.4) is 0 Å². The third-order valence-corrected chi connectivity index (χ3v) is 5.80. The number of rotatable bonds is 6. The molecule has 0 spiro atoms. The summed E-state index contributed by atoms with van der Waals surface area (Å²) < 4.78 is 12.1. The average molecular weight is 662 g/mol. The third kappa shape index (κ3) is 11.1. The number of ether oxygens (including phenoxy) is 2. The second-order valence-corrected chi connectivity index (χ2v) is 8.23. The Labute approximate surface area is 339 Å². The average Bonchev–Trinajstić information content (AvgIpc) is 3.84. The van der Waals surface area contributed by atoms with Gasteiger partial charge in [0.1, 0.15) is 23.7 Å². The van der Waals surface area contributed by atoms with Gasteiger partial charge in [0, 0.05) is 42.2 Å². The zero-order valence-electron chi connectivity index (χ0n) is 25.9. The molecule has 0 bridgehead atoms. The Balaban J connectivity index is 0.000000619. The number of hydrogen-bond acceptors (Lipinski definition) is 11. The smallest absolute Gasteiger partial charge is 1.00 e. The molecule has 2 N–H and O–H groups in total. The largest absolute Gasteiger partial charge is 1.00 e. The maximum absolute atomic E-state index is 8.64. The predicted octanol–water partition coefficient (Wildman–Crippen LogP) is -2.63. The molecule has 0 saturated carbocycles. The van der Waals surface area contributed by atoms with Crippen molar-refractivity contribution in [3.05, 3.63) is 54.2 Å². The van der Waals surface area contributed by atoms with Gasteiger partial charge < -0.3 is 31.0 Å². The number of pyridine rings is 2. The fraction of sp³-hybridized carbons (Fsp3) is 0.269. The van der Waals surface area contributed by atoms with E-state index in [2.05, 4.69) is 51.8 Å². The van der Waals surface area contributed by atoms with Gasteiger partial charge in [0.2, 0.25) is 0 Å². The zero-order chi connectivity index (χ0) is 29.6. The molecule has 6 rings (SSSR count). The van der Waals surface area contributed by atoms with E-state index in [1.54, 1.807) is 43.8 Å². The number of aromatic nitrogens is 7. The molecular weight excluding hydrogens is 632 g/mol. The van der Waals surface area contributed by atoms with E-state index in [0.29, 0.717) is 5.15 Å². The summed E-state index contributed by atoms with van der Waals surface area (Å²) in [6.45, 7) is 4.69. The number of nitrogens with zero attached hydrogens (tertiary/aromatic N) is 7. The number of methoxy groups -OCH3 is 2. The molecule has 0 unspecified atom stereocenters. The van der Waals surface area contributed by atoms with Crippen LogP contribution in [0.1, 0.15) is 27.5 Å². The maximum atomic E-state index is 8.64. The number of carbonyl (C=O) groups is 1. The van der Waals surface area contributed by atoms with Gasteiger partial charge in [0.05, 0.1) is 44.2 Å². The monoisotopic (exact) mass is 661 g/mol. The van der Waals surface area contributed by atoms with Crippen LogP contribution in [-0.2, 0) is 16.1 Å². The fourth-order valence-electron chi connectivity index (χ4n) is 3.61. The molecule has 218 valence electrons. The van der Waals surface area contributed by atoms with Crippen LogP contribution in [0, 0.1) is 0 Å². The molecular formula is C26H30ClK2N9O5. The van der Waals surface area contributed by atoms with Crippen molar-refractivity contribution in [1.82, 2.24) is 34.7 Å².